The predicted molar refractivity (Wildman–Crippen MR) is 67.4 cm³/mol. The van der Waals surface area contributed by atoms with Crippen LogP contribution in [0.1, 0.15) is 44.6 Å². The predicted octanol–water partition coefficient (Wildman–Crippen LogP) is 3.96. The van der Waals surface area contributed by atoms with Crippen LogP contribution >= 0.6 is 0 Å². The van der Waals surface area contributed by atoms with E-state index in [-0.39, 0.29) is 0 Å². The Morgan fingerprint density at radius 2 is 1.87 bits per heavy atom. The van der Waals surface area contributed by atoms with Gasteiger partial charge in [0.05, 0.1) is 0 Å². The summed E-state index contributed by atoms with van der Waals surface area (Å²) in [5.74, 6) is 0. The lowest BCUT2D eigenvalue weighted by Crippen LogP contribution is -1.96. The van der Waals surface area contributed by atoms with E-state index in [0.717, 1.165) is 12.1 Å². The topological polar surface area (TPSA) is 26.0 Å². The minimum atomic E-state index is 0.998. The van der Waals surface area contributed by atoms with Crippen molar-refractivity contribution in [1.82, 2.24) is 0 Å². The first-order valence-electron chi connectivity index (χ1n) is 5.84. The summed E-state index contributed by atoms with van der Waals surface area (Å²) in [7, 11) is 0. The standard InChI is InChI=1S/C14H21N/c1-2-3-4-8-11-14(15)12-13-9-6-5-7-10-13/h5-7,9-10,12H,2-4,8,11,15H2,1H3/b14-12+. The van der Waals surface area contributed by atoms with Gasteiger partial charge in [0.25, 0.3) is 0 Å². The van der Waals surface area contributed by atoms with Gasteiger partial charge in [-0.3, -0.25) is 0 Å². The van der Waals surface area contributed by atoms with Crippen molar-refractivity contribution in [3.63, 3.8) is 0 Å². The molecule has 0 heterocycles. The smallest absolute Gasteiger partial charge is 0.00864 e. The molecule has 0 amide bonds. The van der Waals surface area contributed by atoms with E-state index in [4.69, 9.17) is 5.73 Å². The summed E-state index contributed by atoms with van der Waals surface area (Å²) in [5, 5.41) is 0. The van der Waals surface area contributed by atoms with E-state index in [1.165, 1.54) is 31.2 Å². The van der Waals surface area contributed by atoms with E-state index < -0.39 is 0 Å². The quantitative estimate of drug-likeness (QED) is 0.696. The van der Waals surface area contributed by atoms with Gasteiger partial charge in [-0.2, -0.15) is 0 Å². The zero-order valence-electron chi connectivity index (χ0n) is 9.58. The Morgan fingerprint density at radius 3 is 2.53 bits per heavy atom. The first kappa shape index (κ1) is 11.8. The van der Waals surface area contributed by atoms with E-state index in [2.05, 4.69) is 25.1 Å². The molecular weight excluding hydrogens is 182 g/mol. The SMILES string of the molecule is CCCCCC/C(N)=C\c1ccccc1. The molecule has 1 nitrogen and oxygen atoms in total. The van der Waals surface area contributed by atoms with Crippen molar-refractivity contribution in [2.24, 2.45) is 5.73 Å². The van der Waals surface area contributed by atoms with Crippen LogP contribution in [0.25, 0.3) is 6.08 Å². The average Bonchev–Trinajstić information content (AvgIpc) is 2.26. The molecule has 0 aliphatic carbocycles. The van der Waals surface area contributed by atoms with E-state index in [1.54, 1.807) is 0 Å². The van der Waals surface area contributed by atoms with Crippen LogP contribution in [0.3, 0.4) is 0 Å². The lowest BCUT2D eigenvalue weighted by Gasteiger charge is -2.01. The van der Waals surface area contributed by atoms with Gasteiger partial charge in [0.2, 0.25) is 0 Å². The molecule has 0 atom stereocenters. The maximum absolute atomic E-state index is 5.95. The van der Waals surface area contributed by atoms with Crippen LogP contribution in [0, 0.1) is 0 Å². The molecule has 0 aliphatic heterocycles. The fourth-order valence-corrected chi connectivity index (χ4v) is 1.59. The van der Waals surface area contributed by atoms with Crippen LogP contribution in [0.5, 0.6) is 0 Å². The number of unbranched alkanes of at least 4 members (excludes halogenated alkanes) is 3. The molecule has 0 radical (unpaired) electrons. The normalized spacial score (nSPS) is 11.7. The second-order valence-corrected chi connectivity index (χ2v) is 3.94. The maximum Gasteiger partial charge on any atom is 0.00864 e. The molecule has 0 aliphatic rings. The molecule has 1 rings (SSSR count). The lowest BCUT2D eigenvalue weighted by atomic mass is 10.1. The summed E-state index contributed by atoms with van der Waals surface area (Å²) < 4.78 is 0. The van der Waals surface area contributed by atoms with Gasteiger partial charge in [-0.05, 0) is 24.5 Å². The summed E-state index contributed by atoms with van der Waals surface area (Å²) in [6.45, 7) is 2.23. The second-order valence-electron chi connectivity index (χ2n) is 3.94. The maximum atomic E-state index is 5.95. The molecule has 15 heavy (non-hydrogen) atoms. The fourth-order valence-electron chi connectivity index (χ4n) is 1.59. The molecule has 0 bridgehead atoms. The number of hydrogen-bond donors (Lipinski definition) is 1. The number of benzene rings is 1. The molecule has 1 heteroatoms. The fraction of sp³-hybridized carbons (Fsp3) is 0.429. The number of allylic oxidation sites excluding steroid dienone is 1. The molecule has 0 unspecified atom stereocenters. The number of hydrogen-bond acceptors (Lipinski definition) is 1. The minimum Gasteiger partial charge on any atom is -0.402 e. The molecule has 0 spiro atoms. The Labute approximate surface area is 93.0 Å². The van der Waals surface area contributed by atoms with Gasteiger partial charge < -0.3 is 5.73 Å². The highest BCUT2D eigenvalue weighted by Crippen LogP contribution is 2.10. The highest BCUT2D eigenvalue weighted by Gasteiger charge is 1.92. The van der Waals surface area contributed by atoms with E-state index in [0.29, 0.717) is 0 Å². The highest BCUT2D eigenvalue weighted by atomic mass is 14.6. The van der Waals surface area contributed by atoms with Crippen molar-refractivity contribution in [3.8, 4) is 0 Å². The van der Waals surface area contributed by atoms with Gasteiger partial charge in [0.15, 0.2) is 0 Å². The lowest BCUT2D eigenvalue weighted by molar-refractivity contribution is 0.663. The van der Waals surface area contributed by atoms with Crippen LogP contribution in [-0.2, 0) is 0 Å². The Kier molecular flexibility index (Phi) is 5.60. The molecule has 0 saturated carbocycles. The molecule has 0 aromatic heterocycles. The average molecular weight is 203 g/mol. The molecule has 1 aromatic rings. The molecule has 0 fully saturated rings. The minimum absolute atomic E-state index is 0.998. The van der Waals surface area contributed by atoms with Crippen LogP contribution in [0.2, 0.25) is 0 Å². The van der Waals surface area contributed by atoms with Crippen LogP contribution in [0.15, 0.2) is 36.0 Å². The first-order valence-corrected chi connectivity index (χ1v) is 5.84. The third-order valence-electron chi connectivity index (χ3n) is 2.47. The molecule has 1 aromatic carbocycles. The number of rotatable bonds is 6. The first-order chi connectivity index (χ1) is 7.33. The molecule has 82 valence electrons. The second kappa shape index (κ2) is 7.10. The van der Waals surface area contributed by atoms with Crippen LogP contribution in [0.4, 0.5) is 0 Å². The summed E-state index contributed by atoms with van der Waals surface area (Å²) in [4.78, 5) is 0. The van der Waals surface area contributed by atoms with Gasteiger partial charge in [0.1, 0.15) is 0 Å². The van der Waals surface area contributed by atoms with Gasteiger partial charge in [-0.25, -0.2) is 0 Å². The molecule has 2 N–H and O–H groups in total. The van der Waals surface area contributed by atoms with Gasteiger partial charge in [0, 0.05) is 5.70 Å². The van der Waals surface area contributed by atoms with Crippen molar-refractivity contribution in [1.29, 1.82) is 0 Å². The van der Waals surface area contributed by atoms with Gasteiger partial charge in [-0.1, -0.05) is 56.5 Å². The Morgan fingerprint density at radius 1 is 1.13 bits per heavy atom. The Hall–Kier alpha value is -1.24. The highest BCUT2D eigenvalue weighted by molar-refractivity contribution is 5.51. The number of nitrogens with two attached hydrogens (primary N) is 1. The van der Waals surface area contributed by atoms with Crippen molar-refractivity contribution in [2.75, 3.05) is 0 Å². The summed E-state index contributed by atoms with van der Waals surface area (Å²) >= 11 is 0. The van der Waals surface area contributed by atoms with Crippen molar-refractivity contribution in [2.45, 2.75) is 39.0 Å². The van der Waals surface area contributed by atoms with Crippen molar-refractivity contribution < 1.29 is 0 Å². The summed E-state index contributed by atoms with van der Waals surface area (Å²) in [5.41, 5.74) is 8.15. The van der Waals surface area contributed by atoms with E-state index in [9.17, 15) is 0 Å². The summed E-state index contributed by atoms with van der Waals surface area (Å²) in [6.07, 6.45) is 8.20. The van der Waals surface area contributed by atoms with Crippen LogP contribution < -0.4 is 5.73 Å². The van der Waals surface area contributed by atoms with Crippen LogP contribution in [-0.4, -0.2) is 0 Å². The third-order valence-corrected chi connectivity index (χ3v) is 2.47. The largest absolute Gasteiger partial charge is 0.402 e. The summed E-state index contributed by atoms with van der Waals surface area (Å²) in [6, 6.07) is 10.3. The zero-order valence-corrected chi connectivity index (χ0v) is 9.58. The van der Waals surface area contributed by atoms with Gasteiger partial charge in [-0.15, -0.1) is 0 Å². The van der Waals surface area contributed by atoms with Crippen molar-refractivity contribution >= 4 is 6.08 Å². The van der Waals surface area contributed by atoms with E-state index >= 15 is 0 Å². The van der Waals surface area contributed by atoms with E-state index in [1.807, 2.05) is 18.2 Å². The Bertz CT molecular complexity index is 287. The monoisotopic (exact) mass is 203 g/mol. The zero-order chi connectivity index (χ0) is 10.9. The molecule has 0 saturated heterocycles. The van der Waals surface area contributed by atoms with Crippen molar-refractivity contribution in [3.05, 3.63) is 41.6 Å². The Balaban J connectivity index is 2.33. The third kappa shape index (κ3) is 5.26. The van der Waals surface area contributed by atoms with Gasteiger partial charge >= 0.3 is 0 Å². The molecular formula is C14H21N.